The van der Waals surface area contributed by atoms with E-state index in [2.05, 4.69) is 5.32 Å². The molecule has 2 N–H and O–H groups in total. The number of nitro groups is 1. The van der Waals surface area contributed by atoms with Crippen LogP contribution in [0.3, 0.4) is 0 Å². The lowest BCUT2D eigenvalue weighted by molar-refractivity contribution is -0.384. The van der Waals surface area contributed by atoms with Gasteiger partial charge in [-0.05, 0) is 48.3 Å². The third kappa shape index (κ3) is 7.10. The zero-order chi connectivity index (χ0) is 26.3. The second kappa shape index (κ2) is 12.2. The fourth-order valence-corrected chi connectivity index (χ4v) is 5.35. The van der Waals surface area contributed by atoms with Crippen molar-refractivity contribution in [2.75, 3.05) is 30.8 Å². The van der Waals surface area contributed by atoms with Crippen LogP contribution in [0.15, 0.2) is 82.6 Å². The number of anilines is 1. The number of nitrogens with zero attached hydrogens (tertiary/aromatic N) is 1. The van der Waals surface area contributed by atoms with Gasteiger partial charge in [0.1, 0.15) is 5.69 Å². The third-order valence-electron chi connectivity index (χ3n) is 5.40. The maximum atomic E-state index is 12.8. The number of hydrogen-bond acceptors (Lipinski definition) is 9. The first-order chi connectivity index (χ1) is 17.8. The SMILES string of the molecule is O=C(NS(=O)(=O)c1ccc(NCCSc2ccccc2)c([N+](=O)[O-])c1)c1ccc(B2OCCCO2)cc1. The van der Waals surface area contributed by atoms with Crippen molar-refractivity contribution < 1.29 is 27.4 Å². The van der Waals surface area contributed by atoms with Gasteiger partial charge >= 0.3 is 7.12 Å². The van der Waals surface area contributed by atoms with Crippen molar-refractivity contribution in [3.05, 3.63) is 88.5 Å². The van der Waals surface area contributed by atoms with Crippen molar-refractivity contribution in [1.82, 2.24) is 4.72 Å². The Hall–Kier alpha value is -3.39. The summed E-state index contributed by atoms with van der Waals surface area (Å²) >= 11 is 1.59. The first kappa shape index (κ1) is 26.7. The maximum Gasteiger partial charge on any atom is 0.493 e. The van der Waals surface area contributed by atoms with Gasteiger partial charge in [0, 0.05) is 42.0 Å². The van der Waals surface area contributed by atoms with E-state index in [-0.39, 0.29) is 11.3 Å². The van der Waals surface area contributed by atoms with Gasteiger partial charge in [-0.1, -0.05) is 30.3 Å². The van der Waals surface area contributed by atoms with E-state index < -0.39 is 38.6 Å². The Kier molecular flexibility index (Phi) is 8.82. The van der Waals surface area contributed by atoms with Crippen molar-refractivity contribution in [3.8, 4) is 0 Å². The lowest BCUT2D eigenvalue weighted by atomic mass is 9.78. The lowest BCUT2D eigenvalue weighted by Gasteiger charge is -2.19. The fraction of sp³-hybridized carbons (Fsp3) is 0.208. The molecule has 0 unspecified atom stereocenters. The molecule has 37 heavy (non-hydrogen) atoms. The quantitative estimate of drug-likeness (QED) is 0.130. The normalized spacial score (nSPS) is 13.7. The van der Waals surface area contributed by atoms with E-state index in [1.165, 1.54) is 24.3 Å². The summed E-state index contributed by atoms with van der Waals surface area (Å²) in [7, 11) is -4.89. The highest BCUT2D eigenvalue weighted by Crippen LogP contribution is 2.28. The molecule has 4 rings (SSSR count). The molecular weight excluding hydrogens is 517 g/mol. The molecule has 1 saturated heterocycles. The molecule has 0 radical (unpaired) electrons. The van der Waals surface area contributed by atoms with E-state index in [9.17, 15) is 23.3 Å². The number of nitro benzene ring substituents is 1. The predicted molar refractivity (Wildman–Crippen MR) is 142 cm³/mol. The summed E-state index contributed by atoms with van der Waals surface area (Å²) in [5, 5.41) is 14.6. The van der Waals surface area contributed by atoms with E-state index in [1.807, 2.05) is 35.1 Å². The van der Waals surface area contributed by atoms with Crippen molar-refractivity contribution in [3.63, 3.8) is 0 Å². The van der Waals surface area contributed by atoms with Crippen molar-refractivity contribution >= 4 is 51.6 Å². The Labute approximate surface area is 219 Å². The highest BCUT2D eigenvalue weighted by molar-refractivity contribution is 7.99. The molecule has 1 amide bonds. The van der Waals surface area contributed by atoms with Crippen LogP contribution < -0.4 is 15.5 Å². The van der Waals surface area contributed by atoms with Gasteiger partial charge in [-0.25, -0.2) is 13.1 Å². The lowest BCUT2D eigenvalue weighted by Crippen LogP contribution is -2.41. The molecule has 1 heterocycles. The molecular formula is C24H24BN3O7S2. The van der Waals surface area contributed by atoms with E-state index >= 15 is 0 Å². The van der Waals surface area contributed by atoms with Crippen molar-refractivity contribution in [2.24, 2.45) is 0 Å². The van der Waals surface area contributed by atoms with Gasteiger partial charge in [0.15, 0.2) is 0 Å². The van der Waals surface area contributed by atoms with Crippen LogP contribution >= 0.6 is 11.8 Å². The van der Waals surface area contributed by atoms with Crippen LogP contribution in [0.4, 0.5) is 11.4 Å². The molecule has 192 valence electrons. The van der Waals surface area contributed by atoms with Gasteiger partial charge in [0.2, 0.25) is 0 Å². The van der Waals surface area contributed by atoms with Crippen LogP contribution in [0.5, 0.6) is 0 Å². The number of hydrogen-bond donors (Lipinski definition) is 2. The summed E-state index contributed by atoms with van der Waals surface area (Å²) in [6.07, 6.45) is 0.803. The summed E-state index contributed by atoms with van der Waals surface area (Å²) in [5.74, 6) is -0.213. The smallest absolute Gasteiger partial charge is 0.407 e. The highest BCUT2D eigenvalue weighted by atomic mass is 32.2. The second-order valence-electron chi connectivity index (χ2n) is 8.01. The van der Waals surface area contributed by atoms with Crippen LogP contribution in [0.25, 0.3) is 0 Å². The Morgan fingerprint density at radius 3 is 2.41 bits per heavy atom. The minimum absolute atomic E-state index is 0.104. The number of carbonyl (C=O) groups excluding carboxylic acids is 1. The molecule has 3 aromatic rings. The fourth-order valence-electron chi connectivity index (χ4n) is 3.56. The Balaban J connectivity index is 1.40. The monoisotopic (exact) mass is 541 g/mol. The zero-order valence-electron chi connectivity index (χ0n) is 19.7. The Morgan fingerprint density at radius 1 is 1.03 bits per heavy atom. The molecule has 0 saturated carbocycles. The van der Waals surface area contributed by atoms with E-state index in [0.717, 1.165) is 17.4 Å². The molecule has 1 aliphatic rings. The molecule has 13 heteroatoms. The minimum Gasteiger partial charge on any atom is -0.407 e. The van der Waals surface area contributed by atoms with Gasteiger partial charge < -0.3 is 14.6 Å². The van der Waals surface area contributed by atoms with Crippen molar-refractivity contribution in [2.45, 2.75) is 16.2 Å². The maximum absolute atomic E-state index is 12.8. The first-order valence-electron chi connectivity index (χ1n) is 11.4. The minimum atomic E-state index is -4.36. The largest absolute Gasteiger partial charge is 0.493 e. The van der Waals surface area contributed by atoms with Crippen LogP contribution in [-0.4, -0.2) is 51.9 Å². The average Bonchev–Trinajstić information content (AvgIpc) is 2.92. The van der Waals surface area contributed by atoms with Gasteiger partial charge in [0.05, 0.1) is 9.82 Å². The average molecular weight is 541 g/mol. The highest BCUT2D eigenvalue weighted by Gasteiger charge is 2.26. The van der Waals surface area contributed by atoms with Gasteiger partial charge in [-0.2, -0.15) is 0 Å². The molecule has 0 spiro atoms. The Bertz CT molecular complexity index is 1350. The zero-order valence-corrected chi connectivity index (χ0v) is 21.3. The molecule has 0 atom stereocenters. The molecule has 0 aliphatic carbocycles. The summed E-state index contributed by atoms with van der Waals surface area (Å²) in [5.41, 5.74) is 0.593. The van der Waals surface area contributed by atoms with Gasteiger partial charge in [-0.3, -0.25) is 14.9 Å². The van der Waals surface area contributed by atoms with E-state index in [0.29, 0.717) is 31.0 Å². The number of amides is 1. The van der Waals surface area contributed by atoms with E-state index in [1.54, 1.807) is 23.9 Å². The topological polar surface area (TPSA) is 137 Å². The molecule has 0 aromatic heterocycles. The molecule has 3 aromatic carbocycles. The Morgan fingerprint density at radius 2 is 1.73 bits per heavy atom. The third-order valence-corrected chi connectivity index (χ3v) is 7.75. The van der Waals surface area contributed by atoms with E-state index in [4.69, 9.17) is 9.31 Å². The van der Waals surface area contributed by atoms with Gasteiger partial charge in [0.25, 0.3) is 21.6 Å². The van der Waals surface area contributed by atoms with Gasteiger partial charge in [-0.15, -0.1) is 11.8 Å². The predicted octanol–water partition coefficient (Wildman–Crippen LogP) is 3.05. The first-order valence-corrected chi connectivity index (χ1v) is 13.9. The van der Waals surface area contributed by atoms with Crippen molar-refractivity contribution in [1.29, 1.82) is 0 Å². The summed E-state index contributed by atoms with van der Waals surface area (Å²) in [4.78, 5) is 24.2. The molecule has 1 aliphatic heterocycles. The van der Waals surface area contributed by atoms with Crippen LogP contribution in [0.2, 0.25) is 0 Å². The second-order valence-corrected chi connectivity index (χ2v) is 10.9. The number of sulfonamides is 1. The summed E-state index contributed by atoms with van der Waals surface area (Å²) < 4.78 is 38.6. The molecule has 0 bridgehead atoms. The number of thioether (sulfide) groups is 1. The van der Waals surface area contributed by atoms with Crippen LogP contribution in [-0.2, 0) is 19.3 Å². The number of rotatable bonds is 10. The number of carbonyl (C=O) groups is 1. The number of nitrogens with one attached hydrogen (secondary N) is 2. The van der Waals surface area contributed by atoms with Crippen LogP contribution in [0, 0.1) is 10.1 Å². The number of benzene rings is 3. The molecule has 10 nitrogen and oxygen atoms in total. The standard InChI is InChI=1S/C24H24BN3O7S2/c29-24(18-7-9-19(10-8-18)25-34-14-4-15-35-25)27-37(32,33)21-11-12-22(23(17-21)28(30)31)26-13-16-36-20-5-2-1-3-6-20/h1-3,5-12,17,26H,4,13-16H2,(H,27,29). The summed E-state index contributed by atoms with van der Waals surface area (Å²) in [6.45, 7) is 1.56. The van der Waals surface area contributed by atoms with Crippen LogP contribution in [0.1, 0.15) is 16.8 Å². The summed E-state index contributed by atoms with van der Waals surface area (Å²) in [6, 6.07) is 19.4. The molecule has 1 fully saturated rings.